The maximum Gasteiger partial charge on any atom is 0.165 e. The summed E-state index contributed by atoms with van der Waals surface area (Å²) in [6.45, 7) is 2.52. The van der Waals surface area contributed by atoms with Crippen LogP contribution in [0.15, 0.2) is 24.4 Å². The van der Waals surface area contributed by atoms with Crippen LogP contribution in [0.4, 0.5) is 0 Å². The molecule has 2 heterocycles. The van der Waals surface area contributed by atoms with Gasteiger partial charge in [0.05, 0.1) is 12.1 Å². The van der Waals surface area contributed by atoms with Gasteiger partial charge in [0.25, 0.3) is 0 Å². The van der Waals surface area contributed by atoms with Gasteiger partial charge in [-0.25, -0.2) is 0 Å². The Bertz CT molecular complexity index is 411. The molecule has 1 aromatic heterocycles. The quantitative estimate of drug-likeness (QED) is 0.771. The third-order valence-electron chi connectivity index (χ3n) is 2.76. The second-order valence-electron chi connectivity index (χ2n) is 4.31. The van der Waals surface area contributed by atoms with Crippen molar-refractivity contribution < 1.29 is 9.53 Å². The van der Waals surface area contributed by atoms with Crippen LogP contribution in [0.2, 0.25) is 0 Å². The largest absolute Gasteiger partial charge is 0.354 e. The van der Waals surface area contributed by atoms with Crippen molar-refractivity contribution in [1.82, 2.24) is 9.88 Å². The Hall–Kier alpha value is -1.39. The Kier molecular flexibility index (Phi) is 2.94. The molecule has 0 radical (unpaired) electrons. The van der Waals surface area contributed by atoms with Crippen LogP contribution in [-0.4, -0.2) is 29.2 Å². The summed E-state index contributed by atoms with van der Waals surface area (Å²) in [7, 11) is 1.99. The van der Waals surface area contributed by atoms with Crippen molar-refractivity contribution in [3.8, 4) is 0 Å². The van der Waals surface area contributed by atoms with Crippen molar-refractivity contribution in [2.75, 3.05) is 6.61 Å². The number of carbonyl (C=O) groups is 1. The van der Waals surface area contributed by atoms with Gasteiger partial charge in [-0.05, 0) is 25.1 Å². The van der Waals surface area contributed by atoms with E-state index in [1.165, 1.54) is 0 Å². The molecule has 4 heteroatoms. The van der Waals surface area contributed by atoms with Crippen molar-refractivity contribution >= 4 is 12.4 Å². The molecule has 0 spiro atoms. The highest BCUT2D eigenvalue weighted by Crippen LogP contribution is 2.17. The highest BCUT2D eigenvalue weighted by molar-refractivity contribution is 5.57. The number of aryl methyl sites for hydroxylation is 1. The molecule has 1 aliphatic heterocycles. The van der Waals surface area contributed by atoms with Gasteiger partial charge in [0.1, 0.15) is 0 Å². The Morgan fingerprint density at radius 3 is 3.06 bits per heavy atom. The van der Waals surface area contributed by atoms with Gasteiger partial charge in [-0.3, -0.25) is 10.1 Å². The van der Waals surface area contributed by atoms with E-state index in [4.69, 9.17) is 4.74 Å². The SMILES string of the molecule is Cn1cccc1C=C[C@]1(C)COC(C=O)N1. The van der Waals surface area contributed by atoms with E-state index in [9.17, 15) is 4.79 Å². The lowest BCUT2D eigenvalue weighted by Crippen LogP contribution is -2.40. The van der Waals surface area contributed by atoms with E-state index < -0.39 is 6.23 Å². The Labute approximate surface area is 94.9 Å². The molecule has 1 saturated heterocycles. The number of aromatic nitrogens is 1. The summed E-state index contributed by atoms with van der Waals surface area (Å²) in [6.07, 6.45) is 6.36. The minimum Gasteiger partial charge on any atom is -0.354 e. The standard InChI is InChI=1S/C12H16N2O2/c1-12(9-16-11(8-15)13-12)6-5-10-4-3-7-14(10)2/h3-8,11,13H,9H2,1-2H3/t11?,12-/m1/s1. The number of rotatable bonds is 3. The average molecular weight is 220 g/mol. The Morgan fingerprint density at radius 1 is 1.69 bits per heavy atom. The molecule has 4 nitrogen and oxygen atoms in total. The van der Waals surface area contributed by atoms with Gasteiger partial charge in [-0.1, -0.05) is 6.08 Å². The zero-order valence-electron chi connectivity index (χ0n) is 9.51. The monoisotopic (exact) mass is 220 g/mol. The third-order valence-corrected chi connectivity index (χ3v) is 2.76. The number of carbonyl (C=O) groups excluding carboxylic acids is 1. The fourth-order valence-corrected chi connectivity index (χ4v) is 1.76. The van der Waals surface area contributed by atoms with Crippen LogP contribution in [0.5, 0.6) is 0 Å². The fourth-order valence-electron chi connectivity index (χ4n) is 1.76. The number of ether oxygens (including phenoxy) is 1. The number of nitrogens with zero attached hydrogens (tertiary/aromatic N) is 1. The normalized spacial score (nSPS) is 30.0. The van der Waals surface area contributed by atoms with E-state index >= 15 is 0 Å². The van der Waals surface area contributed by atoms with E-state index in [0.717, 1.165) is 12.0 Å². The molecule has 0 aromatic carbocycles. The van der Waals surface area contributed by atoms with Crippen LogP contribution in [0.3, 0.4) is 0 Å². The van der Waals surface area contributed by atoms with Gasteiger partial charge in [0.2, 0.25) is 0 Å². The summed E-state index contributed by atoms with van der Waals surface area (Å²) in [5.41, 5.74) is 0.855. The van der Waals surface area contributed by atoms with Crippen LogP contribution in [0, 0.1) is 0 Å². The second-order valence-corrected chi connectivity index (χ2v) is 4.31. The molecular formula is C12H16N2O2. The summed E-state index contributed by atoms with van der Waals surface area (Å²) < 4.78 is 7.32. The van der Waals surface area contributed by atoms with Crippen LogP contribution in [-0.2, 0) is 16.6 Å². The molecule has 86 valence electrons. The topological polar surface area (TPSA) is 43.3 Å². The lowest BCUT2D eigenvalue weighted by Gasteiger charge is -2.17. The van der Waals surface area contributed by atoms with Gasteiger partial charge in [-0.15, -0.1) is 0 Å². The predicted octanol–water partition coefficient (Wildman–Crippen LogP) is 0.942. The Morgan fingerprint density at radius 2 is 2.50 bits per heavy atom. The number of hydrogen-bond donors (Lipinski definition) is 1. The fraction of sp³-hybridized carbons (Fsp3) is 0.417. The van der Waals surface area contributed by atoms with Crippen molar-refractivity contribution in [2.24, 2.45) is 7.05 Å². The number of hydrogen-bond acceptors (Lipinski definition) is 3. The summed E-state index contributed by atoms with van der Waals surface area (Å²) in [5.74, 6) is 0. The van der Waals surface area contributed by atoms with E-state index in [0.29, 0.717) is 6.61 Å². The van der Waals surface area contributed by atoms with Crippen molar-refractivity contribution in [1.29, 1.82) is 0 Å². The molecule has 0 bridgehead atoms. The first-order valence-corrected chi connectivity index (χ1v) is 5.28. The summed E-state index contributed by atoms with van der Waals surface area (Å²) in [4.78, 5) is 10.6. The smallest absolute Gasteiger partial charge is 0.165 e. The van der Waals surface area contributed by atoms with Crippen LogP contribution >= 0.6 is 0 Å². The van der Waals surface area contributed by atoms with E-state index in [1.54, 1.807) is 0 Å². The minimum absolute atomic E-state index is 0.268. The molecule has 0 aliphatic carbocycles. The number of nitrogens with one attached hydrogen (secondary N) is 1. The van der Waals surface area contributed by atoms with E-state index in [-0.39, 0.29) is 5.54 Å². The van der Waals surface area contributed by atoms with Gasteiger partial charge in [-0.2, -0.15) is 0 Å². The first kappa shape index (κ1) is 11.1. The lowest BCUT2D eigenvalue weighted by atomic mass is 10.0. The highest BCUT2D eigenvalue weighted by atomic mass is 16.5. The molecule has 1 aliphatic rings. The van der Waals surface area contributed by atoms with Gasteiger partial charge >= 0.3 is 0 Å². The number of aldehydes is 1. The maximum atomic E-state index is 10.6. The van der Waals surface area contributed by atoms with Crippen LogP contribution in [0.1, 0.15) is 12.6 Å². The summed E-state index contributed by atoms with van der Waals surface area (Å²) in [5, 5.41) is 3.11. The van der Waals surface area contributed by atoms with Crippen molar-refractivity contribution in [3.63, 3.8) is 0 Å². The van der Waals surface area contributed by atoms with E-state index in [1.807, 2.05) is 49.0 Å². The molecule has 16 heavy (non-hydrogen) atoms. The predicted molar refractivity (Wildman–Crippen MR) is 61.8 cm³/mol. The molecular weight excluding hydrogens is 204 g/mol. The minimum atomic E-state index is -0.483. The Balaban J connectivity index is 2.07. The molecule has 1 fully saturated rings. The molecule has 2 atom stereocenters. The summed E-state index contributed by atoms with van der Waals surface area (Å²) >= 11 is 0. The van der Waals surface area contributed by atoms with Gasteiger partial charge in [0.15, 0.2) is 12.5 Å². The van der Waals surface area contributed by atoms with E-state index in [2.05, 4.69) is 5.32 Å². The molecule has 0 saturated carbocycles. The third kappa shape index (κ3) is 2.23. The molecule has 0 amide bonds. The molecule has 1 aromatic rings. The lowest BCUT2D eigenvalue weighted by molar-refractivity contribution is -0.116. The maximum absolute atomic E-state index is 10.6. The second kappa shape index (κ2) is 4.23. The zero-order valence-corrected chi connectivity index (χ0v) is 9.51. The van der Waals surface area contributed by atoms with Crippen LogP contribution in [0.25, 0.3) is 6.08 Å². The van der Waals surface area contributed by atoms with Gasteiger partial charge in [0, 0.05) is 18.9 Å². The van der Waals surface area contributed by atoms with Crippen molar-refractivity contribution in [2.45, 2.75) is 18.7 Å². The average Bonchev–Trinajstić information content (AvgIpc) is 2.83. The first-order valence-electron chi connectivity index (χ1n) is 5.28. The zero-order chi connectivity index (χ0) is 11.6. The van der Waals surface area contributed by atoms with Gasteiger partial charge < -0.3 is 9.30 Å². The summed E-state index contributed by atoms with van der Waals surface area (Å²) in [6, 6.07) is 4.03. The molecule has 1 unspecified atom stereocenters. The molecule has 1 N–H and O–H groups in total. The van der Waals surface area contributed by atoms with Crippen molar-refractivity contribution in [3.05, 3.63) is 30.1 Å². The highest BCUT2D eigenvalue weighted by Gasteiger charge is 2.32. The first-order chi connectivity index (χ1) is 7.63. The van der Waals surface area contributed by atoms with Crippen LogP contribution < -0.4 is 5.32 Å². The molecule has 2 rings (SSSR count).